The Morgan fingerprint density at radius 3 is 2.13 bits per heavy atom. The molecule has 0 heterocycles. The highest BCUT2D eigenvalue weighted by molar-refractivity contribution is 5.94. The van der Waals surface area contributed by atoms with Crippen LogP contribution in [-0.4, -0.2) is 17.7 Å². The average Bonchev–Trinajstić information content (AvgIpc) is 2.13. The molecule has 0 saturated heterocycles. The van der Waals surface area contributed by atoms with E-state index in [-0.39, 0.29) is 17.7 Å². The lowest BCUT2D eigenvalue weighted by Gasteiger charge is -2.13. The Labute approximate surface area is 91.2 Å². The summed E-state index contributed by atoms with van der Waals surface area (Å²) in [7, 11) is 0. The van der Waals surface area contributed by atoms with E-state index in [0.29, 0.717) is 24.0 Å². The number of carbonyl (C=O) groups excluding carboxylic acids is 2. The number of hydrogen-bond acceptors (Lipinski definition) is 2. The molecule has 0 radical (unpaired) electrons. The van der Waals surface area contributed by atoms with E-state index in [1.54, 1.807) is 13.8 Å². The zero-order valence-corrected chi connectivity index (χ0v) is 9.72. The number of nitrogens with one attached hydrogen (secondary N) is 1. The minimum absolute atomic E-state index is 0.0162. The standard InChI is InChI=1S/C12H19NO2/c1-8(2)11(14)7-6-10(5)13-12(15)9(3)4/h10H,1,3,6-7H2,2,4-5H3,(H,13,15). The summed E-state index contributed by atoms with van der Waals surface area (Å²) in [5, 5.41) is 2.75. The number of amides is 1. The predicted octanol–water partition coefficient (Wildman–Crippen LogP) is 1.99. The molecule has 0 aromatic rings. The van der Waals surface area contributed by atoms with Crippen molar-refractivity contribution in [3.63, 3.8) is 0 Å². The third-order valence-corrected chi connectivity index (χ3v) is 2.05. The molecule has 1 N–H and O–H groups in total. The first-order valence-electron chi connectivity index (χ1n) is 4.99. The first-order chi connectivity index (χ1) is 6.84. The molecule has 3 heteroatoms. The van der Waals surface area contributed by atoms with Gasteiger partial charge in [-0.05, 0) is 32.8 Å². The topological polar surface area (TPSA) is 46.2 Å². The summed E-state index contributed by atoms with van der Waals surface area (Å²) in [6.45, 7) is 12.3. The van der Waals surface area contributed by atoms with Gasteiger partial charge in [-0.1, -0.05) is 13.2 Å². The van der Waals surface area contributed by atoms with Gasteiger partial charge in [0.2, 0.25) is 5.91 Å². The quantitative estimate of drug-likeness (QED) is 0.680. The van der Waals surface area contributed by atoms with Crippen LogP contribution in [0.3, 0.4) is 0 Å². The lowest BCUT2D eigenvalue weighted by Crippen LogP contribution is -2.33. The maximum atomic E-state index is 11.2. The average molecular weight is 209 g/mol. The Bertz CT molecular complexity index is 292. The van der Waals surface area contributed by atoms with Crippen molar-refractivity contribution in [1.82, 2.24) is 5.32 Å². The van der Waals surface area contributed by atoms with Gasteiger partial charge in [0, 0.05) is 18.0 Å². The summed E-state index contributed by atoms with van der Waals surface area (Å²) in [4.78, 5) is 22.5. The molecule has 0 saturated carbocycles. The second-order valence-electron chi connectivity index (χ2n) is 3.90. The van der Waals surface area contributed by atoms with Crippen molar-refractivity contribution in [3.8, 4) is 0 Å². The second kappa shape index (κ2) is 6.17. The van der Waals surface area contributed by atoms with Crippen LogP contribution in [0.1, 0.15) is 33.6 Å². The van der Waals surface area contributed by atoms with Gasteiger partial charge >= 0.3 is 0 Å². The van der Waals surface area contributed by atoms with Crippen molar-refractivity contribution >= 4 is 11.7 Å². The van der Waals surface area contributed by atoms with Gasteiger partial charge in [-0.15, -0.1) is 0 Å². The Hall–Kier alpha value is -1.38. The lowest BCUT2D eigenvalue weighted by atomic mass is 10.1. The Kier molecular flexibility index (Phi) is 5.60. The molecule has 0 aliphatic heterocycles. The van der Waals surface area contributed by atoms with Gasteiger partial charge in [0.1, 0.15) is 0 Å². The first-order valence-corrected chi connectivity index (χ1v) is 4.99. The van der Waals surface area contributed by atoms with Crippen LogP contribution in [-0.2, 0) is 9.59 Å². The zero-order valence-electron chi connectivity index (χ0n) is 9.72. The highest BCUT2D eigenvalue weighted by Gasteiger charge is 2.10. The third kappa shape index (κ3) is 5.83. The molecular formula is C12H19NO2. The van der Waals surface area contributed by atoms with E-state index in [1.807, 2.05) is 6.92 Å². The van der Waals surface area contributed by atoms with Crippen molar-refractivity contribution in [3.05, 3.63) is 24.3 Å². The van der Waals surface area contributed by atoms with Crippen molar-refractivity contribution in [2.24, 2.45) is 0 Å². The van der Waals surface area contributed by atoms with E-state index in [2.05, 4.69) is 18.5 Å². The molecule has 0 aliphatic rings. The van der Waals surface area contributed by atoms with Crippen molar-refractivity contribution in [2.75, 3.05) is 0 Å². The fourth-order valence-corrected chi connectivity index (χ4v) is 0.980. The molecule has 1 amide bonds. The molecule has 3 nitrogen and oxygen atoms in total. The summed E-state index contributed by atoms with van der Waals surface area (Å²) in [5.41, 5.74) is 1.04. The number of allylic oxidation sites excluding steroid dienone is 1. The number of carbonyl (C=O) groups is 2. The van der Waals surface area contributed by atoms with Crippen LogP contribution in [0.25, 0.3) is 0 Å². The van der Waals surface area contributed by atoms with Crippen molar-refractivity contribution < 1.29 is 9.59 Å². The van der Waals surface area contributed by atoms with Gasteiger partial charge in [-0.25, -0.2) is 0 Å². The summed E-state index contributed by atoms with van der Waals surface area (Å²) in [6, 6.07) is -0.0162. The van der Waals surface area contributed by atoms with Crippen LogP contribution in [0.2, 0.25) is 0 Å². The number of hydrogen-bond donors (Lipinski definition) is 1. The number of rotatable bonds is 6. The van der Waals surface area contributed by atoms with E-state index in [1.165, 1.54) is 0 Å². The van der Waals surface area contributed by atoms with Crippen LogP contribution in [0.4, 0.5) is 0 Å². The van der Waals surface area contributed by atoms with Crippen LogP contribution in [0.5, 0.6) is 0 Å². The van der Waals surface area contributed by atoms with E-state index in [9.17, 15) is 9.59 Å². The van der Waals surface area contributed by atoms with Gasteiger partial charge in [0.25, 0.3) is 0 Å². The molecule has 0 rings (SSSR count). The second-order valence-corrected chi connectivity index (χ2v) is 3.90. The molecule has 1 unspecified atom stereocenters. The molecule has 0 aromatic carbocycles. The summed E-state index contributed by atoms with van der Waals surface area (Å²) in [5.74, 6) is -0.114. The van der Waals surface area contributed by atoms with Gasteiger partial charge < -0.3 is 5.32 Å². The SMILES string of the molecule is C=C(C)C(=O)CCC(C)NC(=O)C(=C)C. The third-order valence-electron chi connectivity index (χ3n) is 2.05. The van der Waals surface area contributed by atoms with E-state index in [0.717, 1.165) is 0 Å². The molecule has 0 fully saturated rings. The molecular weight excluding hydrogens is 190 g/mol. The molecule has 0 aromatic heterocycles. The van der Waals surface area contributed by atoms with Crippen LogP contribution < -0.4 is 5.32 Å². The molecule has 0 aliphatic carbocycles. The first kappa shape index (κ1) is 13.6. The van der Waals surface area contributed by atoms with Gasteiger partial charge in [0.15, 0.2) is 5.78 Å². The minimum atomic E-state index is -0.162. The number of Topliss-reactive ketones (excluding diaryl/α,β-unsaturated/α-hetero) is 1. The Balaban J connectivity index is 3.90. The largest absolute Gasteiger partial charge is 0.350 e. The Morgan fingerprint density at radius 1 is 1.20 bits per heavy atom. The van der Waals surface area contributed by atoms with E-state index < -0.39 is 0 Å². The zero-order chi connectivity index (χ0) is 12.0. The molecule has 0 spiro atoms. The lowest BCUT2D eigenvalue weighted by molar-refractivity contribution is -0.119. The van der Waals surface area contributed by atoms with Crippen LogP contribution in [0.15, 0.2) is 24.3 Å². The monoisotopic (exact) mass is 209 g/mol. The summed E-state index contributed by atoms with van der Waals surface area (Å²) in [6.07, 6.45) is 1.05. The fourth-order valence-electron chi connectivity index (χ4n) is 0.980. The van der Waals surface area contributed by atoms with Crippen molar-refractivity contribution in [1.29, 1.82) is 0 Å². The minimum Gasteiger partial charge on any atom is -0.350 e. The Morgan fingerprint density at radius 2 is 1.73 bits per heavy atom. The number of ketones is 1. The summed E-state index contributed by atoms with van der Waals surface area (Å²) >= 11 is 0. The molecule has 84 valence electrons. The smallest absolute Gasteiger partial charge is 0.246 e. The van der Waals surface area contributed by atoms with Crippen LogP contribution >= 0.6 is 0 Å². The van der Waals surface area contributed by atoms with E-state index >= 15 is 0 Å². The normalized spacial score (nSPS) is 11.7. The highest BCUT2D eigenvalue weighted by atomic mass is 16.1. The van der Waals surface area contributed by atoms with Gasteiger partial charge in [-0.2, -0.15) is 0 Å². The summed E-state index contributed by atoms with van der Waals surface area (Å²) < 4.78 is 0. The molecule has 1 atom stereocenters. The van der Waals surface area contributed by atoms with Gasteiger partial charge in [-0.3, -0.25) is 9.59 Å². The van der Waals surface area contributed by atoms with E-state index in [4.69, 9.17) is 0 Å². The maximum Gasteiger partial charge on any atom is 0.246 e. The molecule has 15 heavy (non-hydrogen) atoms. The van der Waals surface area contributed by atoms with Gasteiger partial charge in [0.05, 0.1) is 0 Å². The molecule has 0 bridgehead atoms. The highest BCUT2D eigenvalue weighted by Crippen LogP contribution is 2.03. The fraction of sp³-hybridized carbons (Fsp3) is 0.500. The van der Waals surface area contributed by atoms with Crippen LogP contribution in [0, 0.1) is 0 Å². The maximum absolute atomic E-state index is 11.2. The predicted molar refractivity (Wildman–Crippen MR) is 61.5 cm³/mol. The van der Waals surface area contributed by atoms with Crippen molar-refractivity contribution in [2.45, 2.75) is 39.7 Å².